The zero-order valence-electron chi connectivity index (χ0n) is 16.4. The molecule has 0 saturated carbocycles. The van der Waals surface area contributed by atoms with Crippen LogP contribution in [0.3, 0.4) is 0 Å². The minimum atomic E-state index is -0.567. The van der Waals surface area contributed by atoms with Gasteiger partial charge in [-0.1, -0.05) is 85.0 Å². The molecular formula is C22H37BrO2. The largest absolute Gasteiger partial charge is 0.465 e. The van der Waals surface area contributed by atoms with Crippen LogP contribution in [0.15, 0.2) is 36.5 Å². The number of hydrogen-bond acceptors (Lipinski definition) is 2. The van der Waals surface area contributed by atoms with Gasteiger partial charge in [0.05, 0.1) is 6.61 Å². The molecule has 0 fully saturated rings. The van der Waals surface area contributed by atoms with Crippen LogP contribution >= 0.6 is 15.9 Å². The Morgan fingerprint density at radius 3 is 1.96 bits per heavy atom. The first-order valence-electron chi connectivity index (χ1n) is 9.79. The van der Waals surface area contributed by atoms with Crippen molar-refractivity contribution in [3.05, 3.63) is 36.5 Å². The summed E-state index contributed by atoms with van der Waals surface area (Å²) in [4.78, 5) is 11.5. The predicted octanol–water partition coefficient (Wildman–Crippen LogP) is 7.29. The average molecular weight is 413 g/mol. The van der Waals surface area contributed by atoms with Gasteiger partial charge >= 0.3 is 5.97 Å². The molecule has 0 aromatic heterocycles. The molecule has 0 aromatic rings. The van der Waals surface area contributed by atoms with Gasteiger partial charge in [-0.3, -0.25) is 4.79 Å². The molecule has 0 bridgehead atoms. The van der Waals surface area contributed by atoms with E-state index in [9.17, 15) is 4.79 Å². The monoisotopic (exact) mass is 412 g/mol. The summed E-state index contributed by atoms with van der Waals surface area (Å²) >= 11 is 3.31. The van der Waals surface area contributed by atoms with Crippen LogP contribution < -0.4 is 0 Å². The Balaban J connectivity index is 3.32. The number of unbranched alkanes of at least 4 members (excludes halogenated alkanes) is 6. The Hall–Kier alpha value is -0.830. The van der Waals surface area contributed by atoms with Crippen molar-refractivity contribution in [3.8, 4) is 0 Å². The molecule has 0 N–H and O–H groups in total. The van der Waals surface area contributed by atoms with Gasteiger partial charge in [0.15, 0.2) is 0 Å². The smallest absolute Gasteiger partial charge is 0.322 e. The first-order valence-corrected chi connectivity index (χ1v) is 10.6. The molecule has 144 valence electrons. The summed E-state index contributed by atoms with van der Waals surface area (Å²) in [5.74, 6) is -0.174. The first kappa shape index (κ1) is 24.2. The number of allylic oxidation sites excluding steroid dienone is 6. The third-order valence-corrected chi connectivity index (χ3v) is 4.09. The van der Waals surface area contributed by atoms with E-state index in [0.29, 0.717) is 6.61 Å². The Morgan fingerprint density at radius 2 is 1.36 bits per heavy atom. The molecular weight excluding hydrogens is 376 g/mol. The van der Waals surface area contributed by atoms with Gasteiger partial charge in [-0.2, -0.15) is 0 Å². The Kier molecular flexibility index (Phi) is 16.1. The first-order chi connectivity index (χ1) is 12.0. The van der Waals surface area contributed by atoms with Crippen LogP contribution in [-0.2, 0) is 9.53 Å². The maximum absolute atomic E-state index is 11.5. The summed E-state index contributed by atoms with van der Waals surface area (Å²) in [5.41, 5.74) is 0. The molecule has 0 aromatic carbocycles. The Labute approximate surface area is 163 Å². The number of carbonyl (C=O) groups is 1. The second-order valence-corrected chi connectivity index (χ2v) is 8.79. The third-order valence-electron chi connectivity index (χ3n) is 3.76. The lowest BCUT2D eigenvalue weighted by atomic mass is 10.1. The summed E-state index contributed by atoms with van der Waals surface area (Å²) in [5, 5.41) is 0. The van der Waals surface area contributed by atoms with E-state index < -0.39 is 4.32 Å². The highest BCUT2D eigenvalue weighted by molar-refractivity contribution is 9.10. The molecule has 0 unspecified atom stereocenters. The van der Waals surface area contributed by atoms with Gasteiger partial charge in [-0.25, -0.2) is 0 Å². The molecule has 0 radical (unpaired) electrons. The van der Waals surface area contributed by atoms with Gasteiger partial charge in [0, 0.05) is 0 Å². The second-order valence-electron chi connectivity index (χ2n) is 6.81. The van der Waals surface area contributed by atoms with Crippen molar-refractivity contribution in [2.24, 2.45) is 0 Å². The molecule has 0 amide bonds. The molecule has 0 aliphatic rings. The molecule has 0 saturated heterocycles. The van der Waals surface area contributed by atoms with E-state index in [4.69, 9.17) is 4.74 Å². The van der Waals surface area contributed by atoms with Crippen molar-refractivity contribution in [1.82, 2.24) is 0 Å². The number of hydrogen-bond donors (Lipinski definition) is 0. The summed E-state index contributed by atoms with van der Waals surface area (Å²) in [7, 11) is 0. The van der Waals surface area contributed by atoms with Crippen LogP contribution in [0.1, 0.15) is 85.0 Å². The zero-order chi connectivity index (χ0) is 18.8. The lowest BCUT2D eigenvalue weighted by molar-refractivity contribution is -0.145. The van der Waals surface area contributed by atoms with Crippen LogP contribution in [0.5, 0.6) is 0 Å². The number of rotatable bonds is 15. The van der Waals surface area contributed by atoms with E-state index >= 15 is 0 Å². The molecule has 0 aliphatic carbocycles. The van der Waals surface area contributed by atoms with E-state index in [0.717, 1.165) is 32.1 Å². The Bertz CT molecular complexity index is 403. The fourth-order valence-electron chi connectivity index (χ4n) is 2.23. The molecule has 2 nitrogen and oxygen atoms in total. The fraction of sp³-hybridized carbons (Fsp3) is 0.682. The van der Waals surface area contributed by atoms with Crippen LogP contribution in [0.25, 0.3) is 0 Å². The summed E-state index contributed by atoms with van der Waals surface area (Å²) in [6.07, 6.45) is 25.0. The van der Waals surface area contributed by atoms with Gasteiger partial charge in [-0.15, -0.1) is 0 Å². The van der Waals surface area contributed by atoms with Crippen molar-refractivity contribution in [1.29, 1.82) is 0 Å². The van der Waals surface area contributed by atoms with Crippen molar-refractivity contribution < 1.29 is 9.53 Å². The van der Waals surface area contributed by atoms with E-state index in [1.807, 2.05) is 13.8 Å². The summed E-state index contributed by atoms with van der Waals surface area (Å²) < 4.78 is 4.65. The van der Waals surface area contributed by atoms with Crippen LogP contribution in [0.4, 0.5) is 0 Å². The maximum atomic E-state index is 11.5. The van der Waals surface area contributed by atoms with E-state index in [2.05, 4.69) is 59.3 Å². The normalized spacial score (nSPS) is 12.6. The van der Waals surface area contributed by atoms with Gasteiger partial charge in [-0.05, 0) is 52.4 Å². The lowest BCUT2D eigenvalue weighted by Gasteiger charge is -2.14. The number of alkyl halides is 1. The van der Waals surface area contributed by atoms with E-state index in [-0.39, 0.29) is 5.97 Å². The van der Waals surface area contributed by atoms with Crippen molar-refractivity contribution in [3.63, 3.8) is 0 Å². The number of carbonyl (C=O) groups excluding carboxylic acids is 1. The molecule has 3 heteroatoms. The highest BCUT2D eigenvalue weighted by Crippen LogP contribution is 2.17. The number of ether oxygens (including phenoxy) is 1. The minimum absolute atomic E-state index is 0.174. The number of halogens is 1. The van der Waals surface area contributed by atoms with Crippen LogP contribution in [-0.4, -0.2) is 16.9 Å². The zero-order valence-corrected chi connectivity index (χ0v) is 18.0. The molecule has 0 aliphatic heterocycles. The third kappa shape index (κ3) is 17.8. The SMILES string of the molecule is CC/C=C\C/C=C\C/C=C\CCCCCCCCOC(=O)C(C)(C)Br. The van der Waals surface area contributed by atoms with Gasteiger partial charge < -0.3 is 4.74 Å². The van der Waals surface area contributed by atoms with Crippen LogP contribution in [0, 0.1) is 0 Å². The molecule has 0 atom stereocenters. The lowest BCUT2D eigenvalue weighted by Crippen LogP contribution is -2.26. The van der Waals surface area contributed by atoms with E-state index in [1.165, 1.54) is 32.1 Å². The molecule has 0 spiro atoms. The van der Waals surface area contributed by atoms with E-state index in [1.54, 1.807) is 0 Å². The van der Waals surface area contributed by atoms with Gasteiger partial charge in [0.25, 0.3) is 0 Å². The van der Waals surface area contributed by atoms with Gasteiger partial charge in [0.1, 0.15) is 4.32 Å². The van der Waals surface area contributed by atoms with Crippen molar-refractivity contribution >= 4 is 21.9 Å². The quantitative estimate of drug-likeness (QED) is 0.122. The summed E-state index contributed by atoms with van der Waals surface area (Å²) in [6.45, 7) is 6.32. The highest BCUT2D eigenvalue weighted by Gasteiger charge is 2.24. The van der Waals surface area contributed by atoms with Crippen LogP contribution in [0.2, 0.25) is 0 Å². The highest BCUT2D eigenvalue weighted by atomic mass is 79.9. The molecule has 0 heterocycles. The Morgan fingerprint density at radius 1 is 0.840 bits per heavy atom. The molecule has 0 rings (SSSR count). The standard InChI is InChI=1S/C22H37BrO2/c1-4-5-6-7-8-9-10-11-12-13-14-15-16-17-18-19-20-25-21(24)22(2,3)23/h5-6,8-9,11-12H,4,7,10,13-20H2,1-3H3/b6-5-,9-8-,12-11-. The predicted molar refractivity (Wildman–Crippen MR) is 113 cm³/mol. The fourth-order valence-corrected chi connectivity index (χ4v) is 2.35. The average Bonchev–Trinajstić information content (AvgIpc) is 2.56. The van der Waals surface area contributed by atoms with Gasteiger partial charge in [0.2, 0.25) is 0 Å². The van der Waals surface area contributed by atoms with Crippen molar-refractivity contribution in [2.45, 2.75) is 89.3 Å². The minimum Gasteiger partial charge on any atom is -0.465 e. The maximum Gasteiger partial charge on any atom is 0.322 e. The molecule has 25 heavy (non-hydrogen) atoms. The number of esters is 1. The topological polar surface area (TPSA) is 26.3 Å². The second kappa shape index (κ2) is 16.6. The van der Waals surface area contributed by atoms with Crippen molar-refractivity contribution in [2.75, 3.05) is 6.61 Å². The summed E-state index contributed by atoms with van der Waals surface area (Å²) in [6, 6.07) is 0.